The summed E-state index contributed by atoms with van der Waals surface area (Å²) in [5.74, 6) is 0.0214. The minimum absolute atomic E-state index is 0.0204. The minimum Gasteiger partial charge on any atom is -0.501 e. The van der Waals surface area contributed by atoms with Crippen molar-refractivity contribution in [3.63, 3.8) is 0 Å². The monoisotopic (exact) mass is 452 g/mol. The highest BCUT2D eigenvalue weighted by molar-refractivity contribution is 7.17. The Bertz CT molecular complexity index is 877. The van der Waals surface area contributed by atoms with Gasteiger partial charge in [0.25, 0.3) is 11.8 Å². The van der Waals surface area contributed by atoms with Crippen LogP contribution in [0.3, 0.4) is 0 Å². The molecule has 10 heteroatoms. The molecular formula is C21H32N4O5S. The summed E-state index contributed by atoms with van der Waals surface area (Å²) in [6.45, 7) is 8.19. The van der Waals surface area contributed by atoms with Crippen LogP contribution in [0.1, 0.15) is 53.3 Å². The van der Waals surface area contributed by atoms with E-state index in [0.717, 1.165) is 5.06 Å². The molecule has 1 aliphatic heterocycles. The summed E-state index contributed by atoms with van der Waals surface area (Å²) in [6.07, 6.45) is -0.521. The predicted molar refractivity (Wildman–Crippen MR) is 121 cm³/mol. The van der Waals surface area contributed by atoms with Crippen LogP contribution in [-0.4, -0.2) is 67.7 Å². The predicted octanol–water partition coefficient (Wildman–Crippen LogP) is 2.43. The Hall–Kier alpha value is -2.43. The number of ether oxygens (including phenoxy) is 1. The molecule has 0 aromatic carbocycles. The van der Waals surface area contributed by atoms with Crippen LogP contribution in [-0.2, 0) is 16.0 Å². The van der Waals surface area contributed by atoms with E-state index >= 15 is 0 Å². The van der Waals surface area contributed by atoms with E-state index in [1.807, 2.05) is 13.8 Å². The van der Waals surface area contributed by atoms with Crippen molar-refractivity contribution in [2.24, 2.45) is 5.92 Å². The van der Waals surface area contributed by atoms with Gasteiger partial charge in [0.05, 0.1) is 30.5 Å². The molecule has 0 spiro atoms. The summed E-state index contributed by atoms with van der Waals surface area (Å²) in [7, 11) is 3.04. The maximum Gasteiger partial charge on any atom is 0.279 e. The molecule has 2 amide bonds. The van der Waals surface area contributed by atoms with Crippen molar-refractivity contribution >= 4 is 33.9 Å². The Labute approximate surface area is 186 Å². The summed E-state index contributed by atoms with van der Waals surface area (Å²) in [6, 6.07) is 0. The molecule has 1 aliphatic rings. The SMILES string of the molecule is CNC(=O)c1c(NCC(C)C)sc(C/C(C(C)=N)=C(\C)OC)c1C(=O)N1C[C@H](O)CO1. The molecule has 0 radical (unpaired) electrons. The Morgan fingerprint density at radius 1 is 1.35 bits per heavy atom. The summed E-state index contributed by atoms with van der Waals surface area (Å²) in [5.41, 5.74) is 1.42. The summed E-state index contributed by atoms with van der Waals surface area (Å²) in [5, 5.41) is 25.5. The van der Waals surface area contributed by atoms with Gasteiger partial charge in [-0.3, -0.25) is 14.4 Å². The maximum absolute atomic E-state index is 13.4. The van der Waals surface area contributed by atoms with Crippen molar-refractivity contribution in [2.75, 3.05) is 39.2 Å². The molecule has 1 atom stereocenters. The van der Waals surface area contributed by atoms with Gasteiger partial charge in [0.2, 0.25) is 0 Å². The number of amides is 2. The molecule has 31 heavy (non-hydrogen) atoms. The number of carbonyl (C=O) groups is 2. The highest BCUT2D eigenvalue weighted by Gasteiger charge is 2.35. The van der Waals surface area contributed by atoms with Crippen molar-refractivity contribution < 1.29 is 24.3 Å². The van der Waals surface area contributed by atoms with Crippen LogP contribution in [0, 0.1) is 11.3 Å². The topological polar surface area (TPSA) is 124 Å². The Morgan fingerprint density at radius 2 is 2.03 bits per heavy atom. The number of aliphatic hydroxyl groups excluding tert-OH is 1. The van der Waals surface area contributed by atoms with E-state index < -0.39 is 17.9 Å². The summed E-state index contributed by atoms with van der Waals surface area (Å²) >= 11 is 1.31. The van der Waals surface area contributed by atoms with E-state index in [-0.39, 0.29) is 30.7 Å². The number of allylic oxidation sites excluding steroid dienone is 2. The first-order chi connectivity index (χ1) is 14.6. The second-order valence-electron chi connectivity index (χ2n) is 7.81. The number of thiophene rings is 1. The number of hydrogen-bond donors (Lipinski definition) is 4. The Balaban J connectivity index is 2.64. The van der Waals surface area contributed by atoms with Gasteiger partial charge in [-0.15, -0.1) is 11.3 Å². The van der Waals surface area contributed by atoms with Crippen molar-refractivity contribution in [3.8, 4) is 0 Å². The van der Waals surface area contributed by atoms with Crippen LogP contribution in [0.15, 0.2) is 11.3 Å². The van der Waals surface area contributed by atoms with Crippen molar-refractivity contribution in [2.45, 2.75) is 40.2 Å². The molecule has 0 unspecified atom stereocenters. The molecule has 0 bridgehead atoms. The van der Waals surface area contributed by atoms with Gasteiger partial charge >= 0.3 is 0 Å². The molecule has 1 aromatic rings. The average molecular weight is 453 g/mol. The standard InChI is InChI=1S/C21H32N4O5S/c1-11(2)8-24-20-18(19(27)23-5)17(21(28)25-9-14(26)10-30-25)16(31-20)7-15(12(3)22)13(4)29-6/h11,14,22,24,26H,7-10H2,1-6H3,(H,23,27)/b15-13-,22-12?/t14-/m0/s1. The zero-order valence-electron chi connectivity index (χ0n) is 18.9. The lowest BCUT2D eigenvalue weighted by Crippen LogP contribution is -2.31. The zero-order valence-corrected chi connectivity index (χ0v) is 19.7. The number of nitrogens with one attached hydrogen (secondary N) is 3. The normalized spacial score (nSPS) is 16.9. The third-order valence-corrected chi connectivity index (χ3v) is 6.01. The van der Waals surface area contributed by atoms with Gasteiger partial charge in [-0.25, -0.2) is 5.06 Å². The van der Waals surface area contributed by atoms with Crippen LogP contribution >= 0.6 is 11.3 Å². The molecule has 4 N–H and O–H groups in total. The summed E-state index contributed by atoms with van der Waals surface area (Å²) in [4.78, 5) is 32.2. The molecule has 1 fully saturated rings. The number of carbonyl (C=O) groups excluding carboxylic acids is 2. The number of rotatable bonds is 9. The number of methoxy groups -OCH3 is 1. The smallest absolute Gasteiger partial charge is 0.279 e. The number of aliphatic hydroxyl groups is 1. The van der Waals surface area contributed by atoms with Crippen LogP contribution in [0.25, 0.3) is 0 Å². The van der Waals surface area contributed by atoms with E-state index in [2.05, 4.69) is 10.6 Å². The molecule has 0 aliphatic carbocycles. The first kappa shape index (κ1) is 24.8. The largest absolute Gasteiger partial charge is 0.501 e. The van der Waals surface area contributed by atoms with Crippen molar-refractivity contribution in [1.29, 1.82) is 5.41 Å². The third-order valence-electron chi connectivity index (χ3n) is 4.87. The average Bonchev–Trinajstić information content (AvgIpc) is 3.32. The first-order valence-electron chi connectivity index (χ1n) is 10.1. The van der Waals surface area contributed by atoms with Crippen LogP contribution in [0.2, 0.25) is 0 Å². The zero-order chi connectivity index (χ0) is 23.3. The fourth-order valence-electron chi connectivity index (χ4n) is 3.14. The number of anilines is 1. The molecule has 0 saturated carbocycles. The summed E-state index contributed by atoms with van der Waals surface area (Å²) < 4.78 is 5.34. The van der Waals surface area contributed by atoms with Gasteiger partial charge in [-0.05, 0) is 19.8 Å². The molecule has 2 heterocycles. The molecule has 9 nitrogen and oxygen atoms in total. The highest BCUT2D eigenvalue weighted by atomic mass is 32.1. The first-order valence-corrected chi connectivity index (χ1v) is 11.0. The number of β-amino-alcohol motifs (C(OH)–C–C–N with tert-alkyl or cyclic N) is 1. The molecule has 172 valence electrons. The maximum atomic E-state index is 13.4. The lowest BCUT2D eigenvalue weighted by molar-refractivity contribution is -0.0780. The fraction of sp³-hybridized carbons (Fsp3) is 0.571. The van der Waals surface area contributed by atoms with Crippen molar-refractivity contribution in [1.82, 2.24) is 10.4 Å². The molecule has 2 rings (SSSR count). The minimum atomic E-state index is -0.775. The fourth-order valence-corrected chi connectivity index (χ4v) is 4.34. The molecule has 1 aromatic heterocycles. The van der Waals surface area contributed by atoms with E-state index in [1.54, 1.807) is 13.8 Å². The third kappa shape index (κ3) is 5.84. The van der Waals surface area contributed by atoms with E-state index in [4.69, 9.17) is 15.0 Å². The van der Waals surface area contributed by atoms with Gasteiger partial charge < -0.3 is 25.9 Å². The lowest BCUT2D eigenvalue weighted by Gasteiger charge is -2.17. The Morgan fingerprint density at radius 3 is 2.52 bits per heavy atom. The Kier molecular flexibility index (Phi) is 8.60. The second-order valence-corrected chi connectivity index (χ2v) is 8.92. The van der Waals surface area contributed by atoms with Crippen molar-refractivity contribution in [3.05, 3.63) is 27.3 Å². The highest BCUT2D eigenvalue weighted by Crippen LogP contribution is 2.37. The number of hydrogen-bond acceptors (Lipinski definition) is 8. The van der Waals surface area contributed by atoms with E-state index in [9.17, 15) is 14.7 Å². The second kappa shape index (κ2) is 10.7. The van der Waals surface area contributed by atoms with Crippen LogP contribution in [0.4, 0.5) is 5.00 Å². The van der Waals surface area contributed by atoms with Gasteiger partial charge in [0.15, 0.2) is 0 Å². The van der Waals surface area contributed by atoms with E-state index in [0.29, 0.717) is 39.4 Å². The lowest BCUT2D eigenvalue weighted by atomic mass is 10.0. The van der Waals surface area contributed by atoms with Crippen LogP contribution < -0.4 is 10.6 Å². The van der Waals surface area contributed by atoms with Gasteiger partial charge in [-0.2, -0.15) is 0 Å². The molecule has 1 saturated heterocycles. The number of nitrogens with zero attached hydrogens (tertiary/aromatic N) is 1. The van der Waals surface area contributed by atoms with E-state index in [1.165, 1.54) is 25.5 Å². The molecular weight excluding hydrogens is 420 g/mol. The number of hydroxylamine groups is 2. The van der Waals surface area contributed by atoms with Gasteiger partial charge in [0, 0.05) is 36.2 Å². The quantitative estimate of drug-likeness (QED) is 0.337. The van der Waals surface area contributed by atoms with Gasteiger partial charge in [0.1, 0.15) is 17.7 Å². The van der Waals surface area contributed by atoms with Crippen LogP contribution in [0.5, 0.6) is 0 Å². The van der Waals surface area contributed by atoms with Gasteiger partial charge in [-0.1, -0.05) is 13.8 Å².